The number of amides is 1. The van der Waals surface area contributed by atoms with Crippen LogP contribution in [0.4, 0.5) is 4.79 Å². The van der Waals surface area contributed by atoms with Crippen LogP contribution < -0.4 is 0 Å². The van der Waals surface area contributed by atoms with Crippen LogP contribution in [0.25, 0.3) is 0 Å². The number of hydrogen-bond donors (Lipinski definition) is 2. The molecule has 0 aliphatic carbocycles. The Morgan fingerprint density at radius 1 is 0.960 bits per heavy atom. The smallest absolute Gasteiger partial charge is 0.310 e. The summed E-state index contributed by atoms with van der Waals surface area (Å²) in [7, 11) is 0. The van der Waals surface area contributed by atoms with Gasteiger partial charge < -0.3 is 19.8 Å². The summed E-state index contributed by atoms with van der Waals surface area (Å²) >= 11 is 1.41. The van der Waals surface area contributed by atoms with Gasteiger partial charge in [-0.2, -0.15) is 0 Å². The van der Waals surface area contributed by atoms with Gasteiger partial charge in [0.15, 0.2) is 0 Å². The van der Waals surface area contributed by atoms with Crippen molar-refractivity contribution in [3.63, 3.8) is 0 Å². The average Bonchev–Trinajstić information content (AvgIpc) is 3.16. The summed E-state index contributed by atoms with van der Waals surface area (Å²) in [6, 6.07) is 0. The summed E-state index contributed by atoms with van der Waals surface area (Å²) in [6.45, 7) is 8.02. The zero-order valence-electron chi connectivity index (χ0n) is 15.1. The van der Waals surface area contributed by atoms with Gasteiger partial charge in [-0.15, -0.1) is 0 Å². The third-order valence-corrected chi connectivity index (χ3v) is 5.15. The number of carboxylic acid groups (broad SMARTS) is 2. The highest BCUT2D eigenvalue weighted by atomic mass is 32.2. The van der Waals surface area contributed by atoms with Gasteiger partial charge in [-0.25, -0.2) is 0 Å². The molecule has 2 rings (SSSR count). The molecule has 8 heteroatoms. The highest BCUT2D eigenvalue weighted by Gasteiger charge is 2.55. The van der Waals surface area contributed by atoms with Crippen molar-refractivity contribution < 1.29 is 29.3 Å². The van der Waals surface area contributed by atoms with E-state index in [9.17, 15) is 14.4 Å². The normalized spacial score (nSPS) is 26.7. The number of ether oxygens (including phenoxy) is 1. The predicted molar refractivity (Wildman–Crippen MR) is 95.8 cm³/mol. The van der Waals surface area contributed by atoms with E-state index in [-0.39, 0.29) is 17.4 Å². The summed E-state index contributed by atoms with van der Waals surface area (Å²) in [5.74, 6) is -2.94. The maximum Gasteiger partial charge on any atom is 0.310 e. The summed E-state index contributed by atoms with van der Waals surface area (Å²) in [5, 5.41) is 17.9. The number of carboxylic acids is 2. The zero-order chi connectivity index (χ0) is 19.0. The number of carbonyl (C=O) groups is 3. The number of fused-ring (bicyclic) bond motifs is 2. The van der Waals surface area contributed by atoms with Crippen molar-refractivity contribution in [3.8, 4) is 0 Å². The summed E-state index contributed by atoms with van der Waals surface area (Å²) in [5.41, 5.74) is 0. The highest BCUT2D eigenvalue weighted by Crippen LogP contribution is 2.43. The molecule has 7 nitrogen and oxygen atoms in total. The van der Waals surface area contributed by atoms with Crippen molar-refractivity contribution in [3.05, 3.63) is 0 Å². The van der Waals surface area contributed by atoms with Crippen molar-refractivity contribution >= 4 is 28.9 Å². The molecule has 2 fully saturated rings. The maximum atomic E-state index is 11.4. The van der Waals surface area contributed by atoms with Gasteiger partial charge in [0.2, 0.25) is 0 Å². The van der Waals surface area contributed by atoms with E-state index in [0.717, 1.165) is 31.7 Å². The Kier molecular flexibility index (Phi) is 9.27. The second-order valence-electron chi connectivity index (χ2n) is 6.20. The largest absolute Gasteiger partial charge is 0.481 e. The molecule has 0 aromatic carbocycles. The van der Waals surface area contributed by atoms with Crippen molar-refractivity contribution in [1.82, 2.24) is 4.90 Å². The van der Waals surface area contributed by atoms with Gasteiger partial charge >= 0.3 is 11.9 Å². The molecule has 0 aromatic heterocycles. The quantitative estimate of drug-likeness (QED) is 0.705. The number of carbonyl (C=O) groups excluding carboxylic acids is 1. The Labute approximate surface area is 153 Å². The van der Waals surface area contributed by atoms with E-state index in [1.165, 1.54) is 11.8 Å². The number of hydrogen-bond acceptors (Lipinski definition) is 5. The molecule has 25 heavy (non-hydrogen) atoms. The molecule has 0 saturated carbocycles. The summed E-state index contributed by atoms with van der Waals surface area (Å²) in [6.07, 6.45) is 2.68. The molecule has 2 saturated heterocycles. The van der Waals surface area contributed by atoms with Crippen LogP contribution in [-0.2, 0) is 14.3 Å². The molecule has 144 valence electrons. The van der Waals surface area contributed by atoms with Gasteiger partial charge in [-0.05, 0) is 31.4 Å². The van der Waals surface area contributed by atoms with Crippen LogP contribution in [0.2, 0.25) is 0 Å². The molecular formula is C17H29NO6S. The van der Waals surface area contributed by atoms with Gasteiger partial charge in [-0.3, -0.25) is 14.4 Å². The standard InChI is InChI=1S/C9H19NOS.C8H10O5/c1-4-7-10(8-5-2)9(11)12-6-3;9-7(10)5-3-1-2-4(13-3)6(5)8(11)12/h4-8H2,1-3H3;3-6H,1-2H2,(H,9,10)(H,11,12). The van der Waals surface area contributed by atoms with Crippen molar-refractivity contribution in [1.29, 1.82) is 0 Å². The van der Waals surface area contributed by atoms with Crippen LogP contribution in [-0.4, -0.2) is 63.3 Å². The summed E-state index contributed by atoms with van der Waals surface area (Å²) < 4.78 is 5.26. The lowest BCUT2D eigenvalue weighted by Gasteiger charge is -2.20. The van der Waals surface area contributed by atoms with E-state index < -0.39 is 23.8 Å². The van der Waals surface area contributed by atoms with Crippen LogP contribution in [0.5, 0.6) is 0 Å². The lowest BCUT2D eigenvalue weighted by atomic mass is 9.79. The number of aliphatic carboxylic acids is 2. The highest BCUT2D eigenvalue weighted by molar-refractivity contribution is 8.13. The Morgan fingerprint density at radius 3 is 1.72 bits per heavy atom. The van der Waals surface area contributed by atoms with Crippen LogP contribution in [0.1, 0.15) is 46.5 Å². The van der Waals surface area contributed by atoms with E-state index in [2.05, 4.69) is 13.8 Å². The van der Waals surface area contributed by atoms with Crippen LogP contribution >= 0.6 is 11.8 Å². The monoisotopic (exact) mass is 375 g/mol. The molecule has 0 radical (unpaired) electrons. The fourth-order valence-electron chi connectivity index (χ4n) is 3.35. The minimum atomic E-state index is -1.06. The number of nitrogens with zero attached hydrogens (tertiary/aromatic N) is 1. The van der Waals surface area contributed by atoms with E-state index in [4.69, 9.17) is 14.9 Å². The lowest BCUT2D eigenvalue weighted by Crippen LogP contribution is -2.38. The van der Waals surface area contributed by atoms with E-state index in [0.29, 0.717) is 12.8 Å². The van der Waals surface area contributed by atoms with Crippen LogP contribution in [0.3, 0.4) is 0 Å². The molecule has 2 bridgehead atoms. The van der Waals surface area contributed by atoms with E-state index >= 15 is 0 Å². The molecule has 2 aliphatic heterocycles. The first-order valence-corrected chi connectivity index (χ1v) is 9.88. The summed E-state index contributed by atoms with van der Waals surface area (Å²) in [4.78, 5) is 34.9. The molecule has 2 aliphatic rings. The SMILES string of the molecule is CCCN(CCC)C(=O)SCC.O=C(O)C1C2CCC(O2)C1C(=O)O. The third kappa shape index (κ3) is 5.88. The second kappa shape index (κ2) is 10.7. The molecule has 2 heterocycles. The zero-order valence-corrected chi connectivity index (χ0v) is 16.0. The molecule has 0 spiro atoms. The fourth-order valence-corrected chi connectivity index (χ4v) is 3.97. The minimum absolute atomic E-state index is 0.237. The topological polar surface area (TPSA) is 104 Å². The minimum Gasteiger partial charge on any atom is -0.481 e. The molecule has 2 N–H and O–H groups in total. The van der Waals surface area contributed by atoms with Gasteiger partial charge in [0.1, 0.15) is 0 Å². The maximum absolute atomic E-state index is 11.4. The average molecular weight is 375 g/mol. The number of thioether (sulfide) groups is 1. The molecule has 1 amide bonds. The van der Waals surface area contributed by atoms with Crippen LogP contribution in [0, 0.1) is 11.8 Å². The fraction of sp³-hybridized carbons (Fsp3) is 0.824. The van der Waals surface area contributed by atoms with Gasteiger partial charge in [0.05, 0.1) is 24.0 Å². The first-order valence-electron chi connectivity index (χ1n) is 8.90. The van der Waals surface area contributed by atoms with Crippen LogP contribution in [0.15, 0.2) is 0 Å². The third-order valence-electron chi connectivity index (χ3n) is 4.36. The number of rotatable bonds is 7. The van der Waals surface area contributed by atoms with E-state index in [1.807, 2.05) is 11.8 Å². The first-order chi connectivity index (χ1) is 11.9. The van der Waals surface area contributed by atoms with E-state index in [1.54, 1.807) is 0 Å². The van der Waals surface area contributed by atoms with Gasteiger partial charge in [-0.1, -0.05) is 32.5 Å². The van der Waals surface area contributed by atoms with Crippen molar-refractivity contribution in [2.24, 2.45) is 11.8 Å². The Balaban J connectivity index is 0.000000252. The first kappa shape index (κ1) is 21.8. The Hall–Kier alpha value is -1.28. The Bertz CT molecular complexity index is 440. The Morgan fingerprint density at radius 2 is 1.40 bits per heavy atom. The molecule has 4 atom stereocenters. The second-order valence-corrected chi connectivity index (χ2v) is 7.42. The van der Waals surface area contributed by atoms with Gasteiger partial charge in [0, 0.05) is 13.1 Å². The van der Waals surface area contributed by atoms with Gasteiger partial charge in [0.25, 0.3) is 5.24 Å². The molecule has 0 aromatic rings. The van der Waals surface area contributed by atoms with Crippen molar-refractivity contribution in [2.75, 3.05) is 18.8 Å². The molecule has 4 unspecified atom stereocenters. The predicted octanol–water partition coefficient (Wildman–Crippen LogP) is 2.93. The molecular weight excluding hydrogens is 346 g/mol. The van der Waals surface area contributed by atoms with Crippen molar-refractivity contribution in [2.45, 2.75) is 58.7 Å². The lowest BCUT2D eigenvalue weighted by molar-refractivity contribution is -0.154.